The third-order valence-electron chi connectivity index (χ3n) is 4.11. The van der Waals surface area contributed by atoms with E-state index < -0.39 is 0 Å². The molecule has 1 aliphatic heterocycles. The van der Waals surface area contributed by atoms with Crippen molar-refractivity contribution in [3.8, 4) is 0 Å². The van der Waals surface area contributed by atoms with E-state index in [9.17, 15) is 4.79 Å². The Morgan fingerprint density at radius 1 is 1.43 bits per heavy atom. The van der Waals surface area contributed by atoms with Gasteiger partial charge in [-0.2, -0.15) is 0 Å². The lowest BCUT2D eigenvalue weighted by Crippen LogP contribution is -2.38. The van der Waals surface area contributed by atoms with Gasteiger partial charge >= 0.3 is 0 Å². The number of carbonyl (C=O) groups excluding carboxylic acids is 1. The summed E-state index contributed by atoms with van der Waals surface area (Å²) in [5.41, 5.74) is 1.79. The molecule has 3 rings (SSSR count). The molecule has 0 bridgehead atoms. The monoisotopic (exact) mass is 330 g/mol. The Bertz CT molecular complexity index is 670. The SMILES string of the molecule is CCNc1nc(C)c(C(=O)N2CCCC[C@H]2c2ccccn2)s1. The highest BCUT2D eigenvalue weighted by atomic mass is 32.1. The molecular formula is C17H22N4OS. The quantitative estimate of drug-likeness (QED) is 0.930. The van der Waals surface area contributed by atoms with Gasteiger partial charge in [0.15, 0.2) is 5.13 Å². The van der Waals surface area contributed by atoms with Gasteiger partial charge in [0.2, 0.25) is 0 Å². The van der Waals surface area contributed by atoms with Crippen molar-refractivity contribution in [1.82, 2.24) is 14.9 Å². The van der Waals surface area contributed by atoms with Gasteiger partial charge in [-0.3, -0.25) is 9.78 Å². The third-order valence-corrected chi connectivity index (χ3v) is 5.21. The van der Waals surface area contributed by atoms with E-state index in [1.54, 1.807) is 6.20 Å². The maximum atomic E-state index is 13.1. The van der Waals surface area contributed by atoms with Crippen LogP contribution in [0.1, 0.15) is 53.3 Å². The lowest BCUT2D eigenvalue weighted by Gasteiger charge is -2.35. The summed E-state index contributed by atoms with van der Waals surface area (Å²) in [6.07, 6.45) is 4.96. The molecule has 23 heavy (non-hydrogen) atoms. The van der Waals surface area contributed by atoms with Gasteiger partial charge in [-0.15, -0.1) is 0 Å². The van der Waals surface area contributed by atoms with Gasteiger partial charge in [0, 0.05) is 19.3 Å². The Balaban J connectivity index is 1.87. The van der Waals surface area contributed by atoms with Crippen molar-refractivity contribution in [3.63, 3.8) is 0 Å². The summed E-state index contributed by atoms with van der Waals surface area (Å²) in [5.74, 6) is 0.0829. The number of anilines is 1. The molecule has 1 amide bonds. The highest BCUT2D eigenvalue weighted by Crippen LogP contribution is 2.33. The number of amides is 1. The van der Waals surface area contributed by atoms with Crippen LogP contribution in [0.25, 0.3) is 0 Å². The maximum Gasteiger partial charge on any atom is 0.266 e. The molecule has 0 aliphatic carbocycles. The predicted molar refractivity (Wildman–Crippen MR) is 92.9 cm³/mol. The van der Waals surface area contributed by atoms with E-state index in [0.717, 1.165) is 53.7 Å². The third kappa shape index (κ3) is 3.37. The van der Waals surface area contributed by atoms with Crippen LogP contribution < -0.4 is 5.32 Å². The molecule has 6 heteroatoms. The molecule has 0 unspecified atom stereocenters. The molecule has 0 aromatic carbocycles. The molecule has 122 valence electrons. The van der Waals surface area contributed by atoms with Gasteiger partial charge in [0.05, 0.1) is 17.4 Å². The molecule has 1 aliphatic rings. The van der Waals surface area contributed by atoms with E-state index in [1.165, 1.54) is 11.3 Å². The number of hydrogen-bond acceptors (Lipinski definition) is 5. The van der Waals surface area contributed by atoms with Gasteiger partial charge in [0.25, 0.3) is 5.91 Å². The number of likely N-dealkylation sites (tertiary alicyclic amines) is 1. The van der Waals surface area contributed by atoms with Crippen LogP contribution in [-0.2, 0) is 0 Å². The normalized spacial score (nSPS) is 18.0. The topological polar surface area (TPSA) is 58.1 Å². The van der Waals surface area contributed by atoms with E-state index in [2.05, 4.69) is 15.3 Å². The fourth-order valence-electron chi connectivity index (χ4n) is 3.01. The summed E-state index contributed by atoms with van der Waals surface area (Å²) in [6, 6.07) is 5.98. The van der Waals surface area contributed by atoms with Crippen LogP contribution in [0.4, 0.5) is 5.13 Å². The molecule has 0 spiro atoms. The average molecular weight is 330 g/mol. The van der Waals surface area contributed by atoms with E-state index in [-0.39, 0.29) is 11.9 Å². The number of thiazole rings is 1. The Kier molecular flexibility index (Phi) is 4.91. The molecule has 2 aromatic heterocycles. The number of aryl methyl sites for hydroxylation is 1. The number of pyridine rings is 1. The fraction of sp³-hybridized carbons (Fsp3) is 0.471. The zero-order valence-electron chi connectivity index (χ0n) is 13.6. The molecule has 2 aromatic rings. The number of rotatable bonds is 4. The van der Waals surface area contributed by atoms with Crippen molar-refractivity contribution in [1.29, 1.82) is 0 Å². The summed E-state index contributed by atoms with van der Waals surface area (Å²) in [5, 5.41) is 4.01. The lowest BCUT2D eigenvalue weighted by atomic mass is 9.98. The summed E-state index contributed by atoms with van der Waals surface area (Å²) in [6.45, 7) is 5.53. The van der Waals surface area contributed by atoms with Crippen LogP contribution in [0, 0.1) is 6.92 Å². The number of hydrogen-bond donors (Lipinski definition) is 1. The molecule has 1 N–H and O–H groups in total. The van der Waals surface area contributed by atoms with Gasteiger partial charge in [0.1, 0.15) is 4.88 Å². The number of nitrogens with one attached hydrogen (secondary N) is 1. The first-order chi connectivity index (χ1) is 11.2. The van der Waals surface area contributed by atoms with E-state index >= 15 is 0 Å². The van der Waals surface area contributed by atoms with Gasteiger partial charge in [-0.1, -0.05) is 17.4 Å². The van der Waals surface area contributed by atoms with Crippen LogP contribution in [-0.4, -0.2) is 33.9 Å². The summed E-state index contributed by atoms with van der Waals surface area (Å²) < 4.78 is 0. The molecule has 5 nitrogen and oxygen atoms in total. The Morgan fingerprint density at radius 2 is 2.30 bits per heavy atom. The number of piperidine rings is 1. The summed E-state index contributed by atoms with van der Waals surface area (Å²) >= 11 is 1.45. The van der Waals surface area contributed by atoms with Crippen molar-refractivity contribution in [2.75, 3.05) is 18.4 Å². The first kappa shape index (κ1) is 15.9. The second kappa shape index (κ2) is 7.08. The molecule has 1 atom stereocenters. The number of aromatic nitrogens is 2. The van der Waals surface area contributed by atoms with Crippen LogP contribution in [0.15, 0.2) is 24.4 Å². The van der Waals surface area contributed by atoms with Crippen molar-refractivity contribution in [3.05, 3.63) is 40.7 Å². The van der Waals surface area contributed by atoms with Gasteiger partial charge in [-0.05, 0) is 45.2 Å². The minimum atomic E-state index is 0.0709. The van der Waals surface area contributed by atoms with Crippen molar-refractivity contribution >= 4 is 22.4 Å². The summed E-state index contributed by atoms with van der Waals surface area (Å²) in [4.78, 5) is 24.7. The van der Waals surface area contributed by atoms with Crippen LogP contribution >= 0.6 is 11.3 Å². The molecule has 1 saturated heterocycles. The second-order valence-electron chi connectivity index (χ2n) is 5.73. The minimum Gasteiger partial charge on any atom is -0.362 e. The molecule has 1 fully saturated rings. The van der Waals surface area contributed by atoms with Gasteiger partial charge < -0.3 is 10.2 Å². The molecule has 0 saturated carbocycles. The standard InChI is InChI=1S/C17H22N4OS/c1-3-18-17-20-12(2)15(23-17)16(22)21-11-7-5-9-14(21)13-8-4-6-10-19-13/h4,6,8,10,14H,3,5,7,9,11H2,1-2H3,(H,18,20)/t14-/m0/s1. The van der Waals surface area contributed by atoms with E-state index in [4.69, 9.17) is 0 Å². The highest BCUT2D eigenvalue weighted by molar-refractivity contribution is 7.17. The zero-order valence-corrected chi connectivity index (χ0v) is 14.4. The Labute approximate surface area is 140 Å². The minimum absolute atomic E-state index is 0.0709. The second-order valence-corrected chi connectivity index (χ2v) is 6.73. The van der Waals surface area contributed by atoms with Crippen LogP contribution in [0.5, 0.6) is 0 Å². The van der Waals surface area contributed by atoms with E-state index in [0.29, 0.717) is 0 Å². The van der Waals surface area contributed by atoms with Crippen molar-refractivity contribution in [2.45, 2.75) is 39.2 Å². The first-order valence-electron chi connectivity index (χ1n) is 8.14. The molecule has 0 radical (unpaired) electrons. The van der Waals surface area contributed by atoms with Crippen LogP contribution in [0.2, 0.25) is 0 Å². The average Bonchev–Trinajstić information content (AvgIpc) is 2.96. The molecule has 3 heterocycles. The Morgan fingerprint density at radius 3 is 3.04 bits per heavy atom. The predicted octanol–water partition coefficient (Wildman–Crippen LogP) is 3.65. The number of nitrogens with zero attached hydrogens (tertiary/aromatic N) is 3. The lowest BCUT2D eigenvalue weighted by molar-refractivity contribution is 0.0610. The maximum absolute atomic E-state index is 13.1. The molecular weight excluding hydrogens is 308 g/mol. The van der Waals surface area contributed by atoms with Crippen LogP contribution in [0.3, 0.4) is 0 Å². The van der Waals surface area contributed by atoms with Crippen molar-refractivity contribution < 1.29 is 4.79 Å². The Hall–Kier alpha value is -1.95. The largest absolute Gasteiger partial charge is 0.362 e. The summed E-state index contributed by atoms with van der Waals surface area (Å²) in [7, 11) is 0. The number of carbonyl (C=O) groups is 1. The highest BCUT2D eigenvalue weighted by Gasteiger charge is 2.31. The first-order valence-corrected chi connectivity index (χ1v) is 8.95. The van der Waals surface area contributed by atoms with E-state index in [1.807, 2.05) is 36.9 Å². The zero-order chi connectivity index (χ0) is 16.2. The van der Waals surface area contributed by atoms with Crippen molar-refractivity contribution in [2.24, 2.45) is 0 Å². The fourth-order valence-corrected chi connectivity index (χ4v) is 4.00. The smallest absolute Gasteiger partial charge is 0.266 e. The van der Waals surface area contributed by atoms with Gasteiger partial charge in [-0.25, -0.2) is 4.98 Å².